The summed E-state index contributed by atoms with van der Waals surface area (Å²) in [5.41, 5.74) is 9.28. The molecule has 1 heterocycles. The predicted molar refractivity (Wildman–Crippen MR) is 105 cm³/mol. The standard InChI is InChI=1S/C23H28N2/c1-15-9-7-11-21(17(15)3)19(5)23-13-25(14-24-23)20(6)22-12-8-10-16(2)18(22)4/h7-14,19-20H,1-6H3. The number of hydrogen-bond acceptors (Lipinski definition) is 1. The number of aromatic nitrogens is 2. The third kappa shape index (κ3) is 3.26. The van der Waals surface area contributed by atoms with Crippen LogP contribution in [0.5, 0.6) is 0 Å². The van der Waals surface area contributed by atoms with Gasteiger partial charge in [0.05, 0.1) is 18.1 Å². The van der Waals surface area contributed by atoms with Crippen molar-refractivity contribution in [3.8, 4) is 0 Å². The van der Waals surface area contributed by atoms with E-state index in [1.54, 1.807) is 0 Å². The lowest BCUT2D eigenvalue weighted by molar-refractivity contribution is 0.633. The quantitative estimate of drug-likeness (QED) is 0.583. The number of aryl methyl sites for hydroxylation is 2. The van der Waals surface area contributed by atoms with Crippen molar-refractivity contribution in [1.29, 1.82) is 0 Å². The van der Waals surface area contributed by atoms with Crippen molar-refractivity contribution in [3.05, 3.63) is 88.0 Å². The number of benzene rings is 2. The Morgan fingerprint density at radius 1 is 0.800 bits per heavy atom. The first-order valence-electron chi connectivity index (χ1n) is 9.05. The van der Waals surface area contributed by atoms with Gasteiger partial charge in [0.2, 0.25) is 0 Å². The van der Waals surface area contributed by atoms with Crippen molar-refractivity contribution < 1.29 is 0 Å². The second-order valence-corrected chi connectivity index (χ2v) is 7.22. The summed E-state index contributed by atoms with van der Waals surface area (Å²) in [5, 5.41) is 0. The molecule has 3 rings (SSSR count). The number of hydrogen-bond donors (Lipinski definition) is 0. The van der Waals surface area contributed by atoms with Crippen molar-refractivity contribution >= 4 is 0 Å². The Morgan fingerprint density at radius 2 is 1.36 bits per heavy atom. The molecule has 2 atom stereocenters. The molecule has 1 aromatic heterocycles. The summed E-state index contributed by atoms with van der Waals surface area (Å²) in [7, 11) is 0. The molecule has 130 valence electrons. The van der Waals surface area contributed by atoms with Crippen LogP contribution in [0, 0.1) is 27.7 Å². The first kappa shape index (κ1) is 17.5. The Morgan fingerprint density at radius 3 is 2.00 bits per heavy atom. The van der Waals surface area contributed by atoms with Gasteiger partial charge in [-0.05, 0) is 68.0 Å². The van der Waals surface area contributed by atoms with Gasteiger partial charge in [-0.15, -0.1) is 0 Å². The van der Waals surface area contributed by atoms with E-state index in [1.807, 2.05) is 6.33 Å². The van der Waals surface area contributed by atoms with Crippen molar-refractivity contribution in [2.45, 2.75) is 53.5 Å². The van der Waals surface area contributed by atoms with E-state index in [-0.39, 0.29) is 6.04 Å². The third-order valence-corrected chi connectivity index (χ3v) is 5.72. The fourth-order valence-corrected chi connectivity index (χ4v) is 3.58. The van der Waals surface area contributed by atoms with Gasteiger partial charge in [-0.3, -0.25) is 0 Å². The number of imidazole rings is 1. The fourth-order valence-electron chi connectivity index (χ4n) is 3.58. The molecular weight excluding hydrogens is 304 g/mol. The smallest absolute Gasteiger partial charge is 0.0955 e. The van der Waals surface area contributed by atoms with Crippen LogP contribution in [0.3, 0.4) is 0 Å². The topological polar surface area (TPSA) is 17.8 Å². The molecule has 0 N–H and O–H groups in total. The number of nitrogens with zero attached hydrogens (tertiary/aromatic N) is 2. The van der Waals surface area contributed by atoms with Crippen LogP contribution in [0.1, 0.15) is 64.9 Å². The van der Waals surface area contributed by atoms with Gasteiger partial charge in [-0.25, -0.2) is 4.98 Å². The van der Waals surface area contributed by atoms with Crippen molar-refractivity contribution in [2.24, 2.45) is 0 Å². The summed E-state index contributed by atoms with van der Waals surface area (Å²) in [5.74, 6) is 0.298. The summed E-state index contributed by atoms with van der Waals surface area (Å²) in [6.45, 7) is 13.3. The lowest BCUT2D eigenvalue weighted by Crippen LogP contribution is -2.07. The molecule has 0 saturated carbocycles. The molecule has 2 heteroatoms. The maximum Gasteiger partial charge on any atom is 0.0955 e. The second kappa shape index (κ2) is 6.87. The fraction of sp³-hybridized carbons (Fsp3) is 0.348. The highest BCUT2D eigenvalue weighted by Crippen LogP contribution is 2.29. The molecule has 0 aliphatic carbocycles. The zero-order valence-corrected chi connectivity index (χ0v) is 16.2. The number of rotatable bonds is 4. The minimum atomic E-state index is 0.284. The van der Waals surface area contributed by atoms with E-state index >= 15 is 0 Å². The molecule has 0 fully saturated rings. The van der Waals surface area contributed by atoms with Gasteiger partial charge in [0, 0.05) is 12.1 Å². The van der Waals surface area contributed by atoms with E-state index in [1.165, 1.54) is 33.4 Å². The van der Waals surface area contributed by atoms with Crippen LogP contribution in [0.4, 0.5) is 0 Å². The summed E-state index contributed by atoms with van der Waals surface area (Å²) in [6, 6.07) is 13.4. The van der Waals surface area contributed by atoms with Crippen molar-refractivity contribution in [1.82, 2.24) is 9.55 Å². The molecule has 0 saturated heterocycles. The molecule has 25 heavy (non-hydrogen) atoms. The van der Waals surface area contributed by atoms with Crippen LogP contribution in [0.15, 0.2) is 48.9 Å². The van der Waals surface area contributed by atoms with Gasteiger partial charge in [-0.2, -0.15) is 0 Å². The molecule has 3 aromatic rings. The van der Waals surface area contributed by atoms with Gasteiger partial charge in [0.1, 0.15) is 0 Å². The molecular formula is C23H28N2. The Balaban J connectivity index is 1.92. The highest BCUT2D eigenvalue weighted by molar-refractivity contribution is 5.39. The van der Waals surface area contributed by atoms with Crippen molar-refractivity contribution in [2.75, 3.05) is 0 Å². The van der Waals surface area contributed by atoms with Gasteiger partial charge in [-0.1, -0.05) is 43.3 Å². The molecule has 2 unspecified atom stereocenters. The second-order valence-electron chi connectivity index (χ2n) is 7.22. The lowest BCUT2D eigenvalue weighted by Gasteiger charge is -2.18. The van der Waals surface area contributed by atoms with Gasteiger partial charge >= 0.3 is 0 Å². The van der Waals surface area contributed by atoms with Crippen molar-refractivity contribution in [3.63, 3.8) is 0 Å². The van der Waals surface area contributed by atoms with Crippen LogP contribution in [-0.2, 0) is 0 Å². The molecule has 2 aromatic carbocycles. The van der Waals surface area contributed by atoms with E-state index in [0.717, 1.165) is 5.69 Å². The van der Waals surface area contributed by atoms with E-state index in [9.17, 15) is 0 Å². The summed E-state index contributed by atoms with van der Waals surface area (Å²) in [4.78, 5) is 4.72. The Hall–Kier alpha value is -2.35. The summed E-state index contributed by atoms with van der Waals surface area (Å²) < 4.78 is 2.23. The first-order chi connectivity index (χ1) is 11.9. The monoisotopic (exact) mass is 332 g/mol. The zero-order chi connectivity index (χ0) is 18.1. The van der Waals surface area contributed by atoms with Crippen LogP contribution in [0.25, 0.3) is 0 Å². The Kier molecular flexibility index (Phi) is 4.80. The molecule has 0 spiro atoms. The van der Waals surface area contributed by atoms with Crippen LogP contribution in [0.2, 0.25) is 0 Å². The van der Waals surface area contributed by atoms with Gasteiger partial charge < -0.3 is 4.57 Å². The minimum Gasteiger partial charge on any atom is -0.330 e. The van der Waals surface area contributed by atoms with Crippen LogP contribution in [-0.4, -0.2) is 9.55 Å². The molecule has 0 amide bonds. The van der Waals surface area contributed by atoms with Gasteiger partial charge in [0.15, 0.2) is 0 Å². The normalized spacial score (nSPS) is 13.7. The highest BCUT2D eigenvalue weighted by Gasteiger charge is 2.17. The SMILES string of the molecule is Cc1cccc(C(C)c2cn(C(C)c3cccc(C)c3C)cn2)c1C. The highest BCUT2D eigenvalue weighted by atomic mass is 15.1. The van der Waals surface area contributed by atoms with E-state index in [4.69, 9.17) is 4.98 Å². The Labute approximate surface area is 151 Å². The third-order valence-electron chi connectivity index (χ3n) is 5.72. The summed E-state index contributed by atoms with van der Waals surface area (Å²) >= 11 is 0. The predicted octanol–water partition coefficient (Wildman–Crippen LogP) is 5.88. The maximum absolute atomic E-state index is 4.72. The minimum absolute atomic E-state index is 0.284. The molecule has 0 aliphatic rings. The first-order valence-corrected chi connectivity index (χ1v) is 9.05. The van der Waals surface area contributed by atoms with Gasteiger partial charge in [0.25, 0.3) is 0 Å². The largest absolute Gasteiger partial charge is 0.330 e. The lowest BCUT2D eigenvalue weighted by atomic mass is 9.92. The molecule has 0 aliphatic heterocycles. The van der Waals surface area contributed by atoms with E-state index in [2.05, 4.69) is 88.7 Å². The molecule has 0 radical (unpaired) electrons. The Bertz CT molecular complexity index is 817. The summed E-state index contributed by atoms with van der Waals surface area (Å²) in [6.07, 6.45) is 4.18. The van der Waals surface area contributed by atoms with Crippen LogP contribution < -0.4 is 0 Å². The van der Waals surface area contributed by atoms with E-state index in [0.29, 0.717) is 5.92 Å². The average Bonchev–Trinajstić information content (AvgIpc) is 3.09. The van der Waals surface area contributed by atoms with Crippen LogP contribution >= 0.6 is 0 Å². The molecule has 2 nitrogen and oxygen atoms in total. The zero-order valence-electron chi connectivity index (χ0n) is 16.2. The maximum atomic E-state index is 4.72. The molecule has 0 bridgehead atoms. The average molecular weight is 332 g/mol. The van der Waals surface area contributed by atoms with E-state index < -0.39 is 0 Å².